The van der Waals surface area contributed by atoms with Crippen molar-refractivity contribution in [2.75, 3.05) is 5.32 Å². The molecule has 0 aliphatic rings. The predicted molar refractivity (Wildman–Crippen MR) is 84.3 cm³/mol. The van der Waals surface area contributed by atoms with E-state index in [1.807, 2.05) is 49.4 Å². The van der Waals surface area contributed by atoms with Crippen LogP contribution in [-0.2, 0) is 0 Å². The van der Waals surface area contributed by atoms with Crippen molar-refractivity contribution in [3.8, 4) is 0 Å². The number of aryl methyl sites for hydroxylation is 1. The van der Waals surface area contributed by atoms with Gasteiger partial charge in [0.25, 0.3) is 0 Å². The molecule has 102 valence electrons. The van der Waals surface area contributed by atoms with E-state index in [0.29, 0.717) is 5.82 Å². The summed E-state index contributed by atoms with van der Waals surface area (Å²) in [4.78, 5) is 15.8. The molecule has 1 heterocycles. The highest BCUT2D eigenvalue weighted by Crippen LogP contribution is 2.11. The van der Waals surface area contributed by atoms with Crippen LogP contribution in [0.4, 0.5) is 10.6 Å². The Balaban J connectivity index is 1.89. The number of anilines is 1. The maximum Gasteiger partial charge on any atom is 0.324 e. The van der Waals surface area contributed by atoms with Gasteiger partial charge in [0, 0.05) is 16.9 Å². The Morgan fingerprint density at radius 3 is 2.70 bits per heavy atom. The molecule has 0 saturated carbocycles. The van der Waals surface area contributed by atoms with Crippen molar-refractivity contribution in [1.29, 1.82) is 0 Å². The van der Waals surface area contributed by atoms with Gasteiger partial charge < -0.3 is 5.32 Å². The molecule has 0 saturated heterocycles. The summed E-state index contributed by atoms with van der Waals surface area (Å²) in [7, 11) is 0. The van der Waals surface area contributed by atoms with E-state index in [9.17, 15) is 4.79 Å². The van der Waals surface area contributed by atoms with E-state index in [-0.39, 0.29) is 6.03 Å². The number of aromatic nitrogens is 1. The van der Waals surface area contributed by atoms with E-state index in [0.717, 1.165) is 15.6 Å². The minimum absolute atomic E-state index is 0.319. The standard InChI is InChI=1S/C15H14BrN3O/c1-11-3-2-9-17-14(11)19-15(20)18-10-8-12-4-6-13(16)7-5-12/h2-10H,1H3,(H2,17,18,19,20)/b10-8+. The number of nitrogens with zero attached hydrogens (tertiary/aromatic N) is 1. The first-order valence-corrected chi connectivity index (χ1v) is 6.86. The summed E-state index contributed by atoms with van der Waals surface area (Å²) in [5.74, 6) is 0.557. The molecule has 0 spiro atoms. The van der Waals surface area contributed by atoms with Gasteiger partial charge in [-0.05, 0) is 42.3 Å². The molecule has 0 aliphatic heterocycles. The molecule has 0 aliphatic carbocycles. The number of rotatable bonds is 3. The second-order valence-corrected chi connectivity index (χ2v) is 5.07. The molecule has 0 unspecified atom stereocenters. The van der Waals surface area contributed by atoms with Crippen molar-refractivity contribution >= 4 is 33.9 Å². The first-order chi connectivity index (χ1) is 9.65. The summed E-state index contributed by atoms with van der Waals surface area (Å²) < 4.78 is 1.02. The van der Waals surface area contributed by atoms with Gasteiger partial charge in [-0.1, -0.05) is 34.1 Å². The summed E-state index contributed by atoms with van der Waals surface area (Å²) in [6, 6.07) is 11.2. The molecule has 2 amide bonds. The summed E-state index contributed by atoms with van der Waals surface area (Å²) in [5, 5.41) is 5.32. The molecule has 0 fully saturated rings. The molecule has 2 rings (SSSR count). The lowest BCUT2D eigenvalue weighted by Crippen LogP contribution is -2.24. The number of urea groups is 1. The van der Waals surface area contributed by atoms with E-state index in [1.165, 1.54) is 0 Å². The number of carbonyl (C=O) groups excluding carboxylic acids is 1. The maximum absolute atomic E-state index is 11.7. The first kappa shape index (κ1) is 14.3. The quantitative estimate of drug-likeness (QED) is 0.894. The highest BCUT2D eigenvalue weighted by atomic mass is 79.9. The third kappa shape index (κ3) is 4.20. The van der Waals surface area contributed by atoms with Crippen LogP contribution in [0.2, 0.25) is 0 Å². The van der Waals surface area contributed by atoms with Gasteiger partial charge in [0.05, 0.1) is 0 Å². The second kappa shape index (κ2) is 6.86. The summed E-state index contributed by atoms with van der Waals surface area (Å²) >= 11 is 3.37. The molecule has 20 heavy (non-hydrogen) atoms. The molecule has 1 aromatic heterocycles. The molecular weight excluding hydrogens is 318 g/mol. The Bertz CT molecular complexity index is 623. The molecule has 5 heteroatoms. The van der Waals surface area contributed by atoms with Crippen molar-refractivity contribution in [2.24, 2.45) is 0 Å². The Hall–Kier alpha value is -2.14. The number of hydrogen-bond donors (Lipinski definition) is 2. The zero-order chi connectivity index (χ0) is 14.4. The van der Waals surface area contributed by atoms with Gasteiger partial charge in [0.2, 0.25) is 0 Å². The SMILES string of the molecule is Cc1cccnc1NC(=O)N/C=C/c1ccc(Br)cc1. The zero-order valence-electron chi connectivity index (χ0n) is 10.9. The summed E-state index contributed by atoms with van der Waals surface area (Å²) in [6.45, 7) is 1.89. The molecule has 2 N–H and O–H groups in total. The van der Waals surface area contributed by atoms with Crippen LogP contribution in [-0.4, -0.2) is 11.0 Å². The van der Waals surface area contributed by atoms with E-state index in [1.54, 1.807) is 12.4 Å². The Labute approximate surface area is 126 Å². The first-order valence-electron chi connectivity index (χ1n) is 6.06. The number of nitrogens with one attached hydrogen (secondary N) is 2. The monoisotopic (exact) mass is 331 g/mol. The lowest BCUT2D eigenvalue weighted by molar-refractivity contribution is 0.255. The van der Waals surface area contributed by atoms with Crippen molar-refractivity contribution in [2.45, 2.75) is 6.92 Å². The Kier molecular flexibility index (Phi) is 4.90. The fourth-order valence-electron chi connectivity index (χ4n) is 1.55. The normalized spacial score (nSPS) is 10.5. The minimum Gasteiger partial charge on any atom is -0.314 e. The van der Waals surface area contributed by atoms with E-state index in [2.05, 4.69) is 31.5 Å². The van der Waals surface area contributed by atoms with Gasteiger partial charge in [0.15, 0.2) is 0 Å². The van der Waals surface area contributed by atoms with Crippen molar-refractivity contribution < 1.29 is 4.79 Å². The predicted octanol–water partition coefficient (Wildman–Crippen LogP) is 3.94. The fourth-order valence-corrected chi connectivity index (χ4v) is 1.81. The van der Waals surface area contributed by atoms with Gasteiger partial charge in [-0.15, -0.1) is 0 Å². The number of halogens is 1. The molecular formula is C15H14BrN3O. The maximum atomic E-state index is 11.7. The smallest absolute Gasteiger partial charge is 0.314 e. The van der Waals surface area contributed by atoms with E-state index in [4.69, 9.17) is 0 Å². The van der Waals surface area contributed by atoms with Gasteiger partial charge in [-0.3, -0.25) is 5.32 Å². The third-order valence-electron chi connectivity index (χ3n) is 2.60. The van der Waals surface area contributed by atoms with Crippen LogP contribution >= 0.6 is 15.9 Å². The van der Waals surface area contributed by atoms with Crippen LogP contribution in [0.15, 0.2) is 53.3 Å². The van der Waals surface area contributed by atoms with Crippen molar-refractivity contribution in [1.82, 2.24) is 10.3 Å². The number of hydrogen-bond acceptors (Lipinski definition) is 2. The molecule has 0 bridgehead atoms. The molecule has 0 radical (unpaired) electrons. The van der Waals surface area contributed by atoms with E-state index >= 15 is 0 Å². The Morgan fingerprint density at radius 1 is 1.25 bits per heavy atom. The summed E-state index contributed by atoms with van der Waals surface area (Å²) in [5.41, 5.74) is 1.92. The lowest BCUT2D eigenvalue weighted by atomic mass is 10.2. The second-order valence-electron chi connectivity index (χ2n) is 4.15. The highest BCUT2D eigenvalue weighted by molar-refractivity contribution is 9.10. The summed E-state index contributed by atoms with van der Waals surface area (Å²) in [6.07, 6.45) is 5.05. The zero-order valence-corrected chi connectivity index (χ0v) is 12.5. The van der Waals surface area contributed by atoms with Crippen LogP contribution in [0.5, 0.6) is 0 Å². The number of pyridine rings is 1. The lowest BCUT2D eigenvalue weighted by Gasteiger charge is -2.05. The van der Waals surface area contributed by atoms with E-state index < -0.39 is 0 Å². The average Bonchev–Trinajstić information content (AvgIpc) is 2.44. The van der Waals surface area contributed by atoms with Crippen LogP contribution in [0, 0.1) is 6.92 Å². The van der Waals surface area contributed by atoms with Gasteiger partial charge >= 0.3 is 6.03 Å². The van der Waals surface area contributed by atoms with Crippen molar-refractivity contribution in [3.63, 3.8) is 0 Å². The average molecular weight is 332 g/mol. The minimum atomic E-state index is -0.319. The van der Waals surface area contributed by atoms with Gasteiger partial charge in [-0.25, -0.2) is 9.78 Å². The number of benzene rings is 1. The van der Waals surface area contributed by atoms with Crippen LogP contribution in [0.1, 0.15) is 11.1 Å². The highest BCUT2D eigenvalue weighted by Gasteiger charge is 2.02. The molecule has 0 atom stereocenters. The molecule has 4 nitrogen and oxygen atoms in total. The topological polar surface area (TPSA) is 54.0 Å². The number of amides is 2. The van der Waals surface area contributed by atoms with Crippen molar-refractivity contribution in [3.05, 3.63) is 64.4 Å². The van der Waals surface area contributed by atoms with Crippen LogP contribution < -0.4 is 10.6 Å². The largest absolute Gasteiger partial charge is 0.324 e. The molecule has 1 aromatic carbocycles. The fraction of sp³-hybridized carbons (Fsp3) is 0.0667. The number of carbonyl (C=O) groups is 1. The molecule has 2 aromatic rings. The van der Waals surface area contributed by atoms with Crippen LogP contribution in [0.3, 0.4) is 0 Å². The van der Waals surface area contributed by atoms with Gasteiger partial charge in [0.1, 0.15) is 5.82 Å². The Morgan fingerprint density at radius 2 is 2.00 bits per heavy atom. The third-order valence-corrected chi connectivity index (χ3v) is 3.13. The van der Waals surface area contributed by atoms with Crippen LogP contribution in [0.25, 0.3) is 6.08 Å². The van der Waals surface area contributed by atoms with Gasteiger partial charge in [-0.2, -0.15) is 0 Å².